The molecule has 9 heteroatoms. The summed E-state index contributed by atoms with van der Waals surface area (Å²) in [7, 11) is -0.310. The van der Waals surface area contributed by atoms with Crippen LogP contribution in [0.15, 0.2) is 54.7 Å². The highest BCUT2D eigenvalue weighted by molar-refractivity contribution is 6.43. The summed E-state index contributed by atoms with van der Waals surface area (Å²) in [5.41, 5.74) is 1.30. The number of benzene rings is 1. The molecule has 2 rings (SSSR count). The highest BCUT2D eigenvalue weighted by Gasteiger charge is 2.29. The Kier molecular flexibility index (Phi) is 9.29. The molecular formula is C20H26BN3O5. The van der Waals surface area contributed by atoms with Crippen LogP contribution in [0.1, 0.15) is 28.9 Å². The van der Waals surface area contributed by atoms with Crippen LogP contribution in [0.2, 0.25) is 0 Å². The number of nitrogens with one attached hydrogen (secondary N) is 2. The van der Waals surface area contributed by atoms with Crippen molar-refractivity contribution in [2.75, 3.05) is 13.7 Å². The Bertz CT molecular complexity index is 761. The average Bonchev–Trinajstić information content (AvgIpc) is 2.73. The first-order valence-corrected chi connectivity index (χ1v) is 9.42. The number of hydrogen-bond donors (Lipinski definition) is 4. The number of ether oxygens (including phenoxy) is 1. The smallest absolute Gasteiger partial charge is 0.426 e. The van der Waals surface area contributed by atoms with E-state index in [9.17, 15) is 19.6 Å². The van der Waals surface area contributed by atoms with Gasteiger partial charge in [-0.25, -0.2) is 0 Å². The van der Waals surface area contributed by atoms with Crippen LogP contribution >= 0.6 is 0 Å². The van der Waals surface area contributed by atoms with Crippen molar-refractivity contribution < 1.29 is 24.4 Å². The van der Waals surface area contributed by atoms with Crippen molar-refractivity contribution in [3.63, 3.8) is 0 Å². The molecule has 2 atom stereocenters. The van der Waals surface area contributed by atoms with Gasteiger partial charge < -0.3 is 25.4 Å². The minimum atomic E-state index is -1.72. The van der Waals surface area contributed by atoms with E-state index in [0.29, 0.717) is 12.8 Å². The van der Waals surface area contributed by atoms with Crippen molar-refractivity contribution in [3.05, 3.63) is 66.0 Å². The van der Waals surface area contributed by atoms with Crippen LogP contribution < -0.4 is 10.6 Å². The molecule has 0 aliphatic carbocycles. The van der Waals surface area contributed by atoms with Crippen molar-refractivity contribution in [2.24, 2.45) is 0 Å². The minimum Gasteiger partial charge on any atom is -0.426 e. The Morgan fingerprint density at radius 3 is 2.45 bits per heavy atom. The molecule has 1 heterocycles. The number of carbonyl (C=O) groups is 2. The van der Waals surface area contributed by atoms with Crippen LogP contribution in [0.3, 0.4) is 0 Å². The summed E-state index contributed by atoms with van der Waals surface area (Å²) < 4.78 is 5.02. The molecule has 0 aliphatic heterocycles. The first kappa shape index (κ1) is 22.5. The van der Waals surface area contributed by atoms with E-state index in [4.69, 9.17) is 4.74 Å². The van der Waals surface area contributed by atoms with E-state index in [2.05, 4.69) is 15.6 Å². The predicted octanol–water partition coefficient (Wildman–Crippen LogP) is 0.346. The van der Waals surface area contributed by atoms with Crippen LogP contribution in [0.5, 0.6) is 0 Å². The third-order valence-electron chi connectivity index (χ3n) is 4.36. The Balaban J connectivity index is 1.92. The lowest BCUT2D eigenvalue weighted by atomic mass is 9.76. The van der Waals surface area contributed by atoms with Crippen LogP contribution in [-0.4, -0.2) is 59.7 Å². The zero-order valence-corrected chi connectivity index (χ0v) is 16.3. The number of rotatable bonds is 11. The molecule has 0 radical (unpaired) electrons. The predicted molar refractivity (Wildman–Crippen MR) is 109 cm³/mol. The van der Waals surface area contributed by atoms with Crippen LogP contribution in [0.4, 0.5) is 0 Å². The van der Waals surface area contributed by atoms with E-state index in [1.165, 1.54) is 19.4 Å². The second-order valence-corrected chi connectivity index (χ2v) is 6.60. The quantitative estimate of drug-likeness (QED) is 0.405. The standard InChI is InChI=1S/C20H26BN3O5/c1-29-14-17(23-19(25)16-11-5-6-13-22-16)20(26)24-18(21(27)28)12-7-10-15-8-3-2-4-9-15/h2-6,8-9,11,13,17-18,27-28H,7,10,12,14H2,1H3,(H,23,25)(H,24,26)/t17-,18+/m1/s1. The second kappa shape index (κ2) is 12.0. The molecule has 1 aromatic heterocycles. The van der Waals surface area contributed by atoms with E-state index in [1.54, 1.807) is 12.1 Å². The van der Waals surface area contributed by atoms with Crippen molar-refractivity contribution in [1.29, 1.82) is 0 Å². The summed E-state index contributed by atoms with van der Waals surface area (Å²) in [5.74, 6) is -1.95. The number of aromatic nitrogens is 1. The molecule has 0 spiro atoms. The highest BCUT2D eigenvalue weighted by Crippen LogP contribution is 2.08. The van der Waals surface area contributed by atoms with Gasteiger partial charge in [-0.1, -0.05) is 36.4 Å². The van der Waals surface area contributed by atoms with Gasteiger partial charge in [0.05, 0.1) is 12.5 Å². The summed E-state index contributed by atoms with van der Waals surface area (Å²) in [5, 5.41) is 24.4. The lowest BCUT2D eigenvalue weighted by Gasteiger charge is -2.22. The number of nitrogens with zero attached hydrogens (tertiary/aromatic N) is 1. The zero-order chi connectivity index (χ0) is 21.1. The van der Waals surface area contributed by atoms with E-state index >= 15 is 0 Å². The molecule has 2 amide bonds. The number of carbonyl (C=O) groups excluding carboxylic acids is 2. The Morgan fingerprint density at radius 1 is 1.10 bits per heavy atom. The second-order valence-electron chi connectivity index (χ2n) is 6.60. The summed E-state index contributed by atoms with van der Waals surface area (Å²) in [6, 6.07) is 13.7. The topological polar surface area (TPSA) is 121 Å². The van der Waals surface area contributed by atoms with Gasteiger partial charge in [0, 0.05) is 13.3 Å². The average molecular weight is 399 g/mol. The molecule has 29 heavy (non-hydrogen) atoms. The summed E-state index contributed by atoms with van der Waals surface area (Å²) >= 11 is 0. The first-order chi connectivity index (χ1) is 14.0. The molecule has 1 aromatic carbocycles. The third-order valence-corrected chi connectivity index (χ3v) is 4.36. The fraction of sp³-hybridized carbons (Fsp3) is 0.350. The number of pyridine rings is 1. The molecule has 0 saturated carbocycles. The lowest BCUT2D eigenvalue weighted by molar-refractivity contribution is -0.124. The summed E-state index contributed by atoms with van der Waals surface area (Å²) in [6.45, 7) is -0.0668. The van der Waals surface area contributed by atoms with Crippen LogP contribution in [0, 0.1) is 0 Å². The Hall–Kier alpha value is -2.75. The zero-order valence-electron chi connectivity index (χ0n) is 16.3. The van der Waals surface area contributed by atoms with Gasteiger partial charge >= 0.3 is 7.12 Å². The molecular weight excluding hydrogens is 373 g/mol. The molecule has 4 N–H and O–H groups in total. The van der Waals surface area contributed by atoms with Crippen molar-refractivity contribution in [2.45, 2.75) is 31.2 Å². The van der Waals surface area contributed by atoms with E-state index in [0.717, 1.165) is 12.0 Å². The molecule has 0 unspecified atom stereocenters. The van der Waals surface area contributed by atoms with Gasteiger partial charge in [0.15, 0.2) is 0 Å². The van der Waals surface area contributed by atoms with Gasteiger partial charge in [-0.15, -0.1) is 0 Å². The van der Waals surface area contributed by atoms with Crippen molar-refractivity contribution >= 4 is 18.9 Å². The molecule has 0 saturated heterocycles. The molecule has 154 valence electrons. The molecule has 0 bridgehead atoms. The molecule has 0 aliphatic rings. The maximum Gasteiger partial charge on any atom is 0.475 e. The normalized spacial score (nSPS) is 12.7. The maximum absolute atomic E-state index is 12.6. The van der Waals surface area contributed by atoms with Gasteiger partial charge in [0.1, 0.15) is 11.7 Å². The monoisotopic (exact) mass is 399 g/mol. The maximum atomic E-state index is 12.6. The molecule has 8 nitrogen and oxygen atoms in total. The summed E-state index contributed by atoms with van der Waals surface area (Å²) in [6.07, 6.45) is 3.25. The number of amides is 2. The number of hydrogen-bond acceptors (Lipinski definition) is 6. The largest absolute Gasteiger partial charge is 0.475 e. The molecule has 0 fully saturated rings. The van der Waals surface area contributed by atoms with Gasteiger partial charge in [-0.3, -0.25) is 14.6 Å². The lowest BCUT2D eigenvalue weighted by Crippen LogP contribution is -2.55. The van der Waals surface area contributed by atoms with E-state index < -0.39 is 30.9 Å². The Labute approximate surface area is 170 Å². The van der Waals surface area contributed by atoms with Crippen molar-refractivity contribution in [1.82, 2.24) is 15.6 Å². The van der Waals surface area contributed by atoms with Gasteiger partial charge in [0.2, 0.25) is 5.91 Å². The molecule has 2 aromatic rings. The summed E-state index contributed by atoms with van der Waals surface area (Å²) in [4.78, 5) is 28.8. The SMILES string of the molecule is COC[C@@H](NC(=O)c1ccccn1)C(=O)N[C@@H](CCCc1ccccc1)B(O)O. The van der Waals surface area contributed by atoms with Crippen LogP contribution in [-0.2, 0) is 16.0 Å². The highest BCUT2D eigenvalue weighted by atomic mass is 16.5. The van der Waals surface area contributed by atoms with Gasteiger partial charge in [-0.2, -0.15) is 0 Å². The first-order valence-electron chi connectivity index (χ1n) is 9.42. The van der Waals surface area contributed by atoms with Gasteiger partial charge in [-0.05, 0) is 37.0 Å². The number of aryl methyl sites for hydroxylation is 1. The third kappa shape index (κ3) is 7.65. The fourth-order valence-corrected chi connectivity index (χ4v) is 2.83. The minimum absolute atomic E-state index is 0.0668. The fourth-order valence-electron chi connectivity index (χ4n) is 2.83. The van der Waals surface area contributed by atoms with E-state index in [-0.39, 0.29) is 12.3 Å². The van der Waals surface area contributed by atoms with E-state index in [1.807, 2.05) is 30.3 Å². The Morgan fingerprint density at radius 2 is 1.83 bits per heavy atom. The van der Waals surface area contributed by atoms with Gasteiger partial charge in [0.25, 0.3) is 5.91 Å². The van der Waals surface area contributed by atoms with Crippen molar-refractivity contribution in [3.8, 4) is 0 Å². The number of methoxy groups -OCH3 is 1. The van der Waals surface area contributed by atoms with Crippen LogP contribution in [0.25, 0.3) is 0 Å².